The van der Waals surface area contributed by atoms with Crippen LogP contribution in [0.3, 0.4) is 0 Å². The van der Waals surface area contributed by atoms with E-state index in [1.165, 1.54) is 12.1 Å². The Morgan fingerprint density at radius 3 is 2.71 bits per heavy atom. The molecule has 1 atom stereocenters. The van der Waals surface area contributed by atoms with Crippen molar-refractivity contribution in [3.63, 3.8) is 0 Å². The molecule has 0 aliphatic heterocycles. The molecule has 17 heavy (non-hydrogen) atoms. The highest BCUT2D eigenvalue weighted by Crippen LogP contribution is 2.37. The van der Waals surface area contributed by atoms with Crippen LogP contribution in [0.15, 0.2) is 24.3 Å². The highest BCUT2D eigenvalue weighted by Gasteiger charge is 2.32. The first-order chi connectivity index (χ1) is 8.08. The molecule has 0 aromatic heterocycles. The minimum Gasteiger partial charge on any atom is -0.478 e. The van der Waals surface area contributed by atoms with E-state index < -0.39 is 5.97 Å². The monoisotopic (exact) mass is 233 g/mol. The number of hydrogen-bond acceptors (Lipinski definition) is 2. The van der Waals surface area contributed by atoms with Crippen LogP contribution in [0.5, 0.6) is 0 Å². The third-order valence-electron chi connectivity index (χ3n) is 3.12. The molecule has 1 fully saturated rings. The molecule has 1 saturated carbocycles. The fourth-order valence-electron chi connectivity index (χ4n) is 1.80. The molecule has 4 nitrogen and oxygen atoms in total. The van der Waals surface area contributed by atoms with Crippen molar-refractivity contribution in [2.45, 2.75) is 19.8 Å². The maximum absolute atomic E-state index is 11.8. The average molecular weight is 233 g/mol. The Morgan fingerprint density at radius 2 is 2.12 bits per heavy atom. The van der Waals surface area contributed by atoms with Gasteiger partial charge in [0, 0.05) is 11.6 Å². The van der Waals surface area contributed by atoms with Crippen molar-refractivity contribution < 1.29 is 14.7 Å². The Morgan fingerprint density at radius 1 is 1.41 bits per heavy atom. The van der Waals surface area contributed by atoms with E-state index in [-0.39, 0.29) is 17.4 Å². The van der Waals surface area contributed by atoms with E-state index in [2.05, 4.69) is 5.32 Å². The lowest BCUT2D eigenvalue weighted by atomic mass is 10.1. The first-order valence-corrected chi connectivity index (χ1v) is 5.72. The van der Waals surface area contributed by atoms with Gasteiger partial charge in [0.25, 0.3) is 0 Å². The van der Waals surface area contributed by atoms with Gasteiger partial charge in [-0.05, 0) is 37.0 Å². The van der Waals surface area contributed by atoms with Crippen LogP contribution < -0.4 is 5.32 Å². The van der Waals surface area contributed by atoms with Gasteiger partial charge in [-0.2, -0.15) is 0 Å². The Kier molecular flexibility index (Phi) is 3.13. The molecule has 1 aliphatic rings. The van der Waals surface area contributed by atoms with E-state index in [0.29, 0.717) is 11.6 Å². The van der Waals surface area contributed by atoms with Crippen LogP contribution in [-0.4, -0.2) is 17.0 Å². The SMILES string of the molecule is CC(C(=O)Nc1cccc(C(=O)O)c1)C1CC1. The summed E-state index contributed by atoms with van der Waals surface area (Å²) < 4.78 is 0. The number of carbonyl (C=O) groups excluding carboxylic acids is 1. The second kappa shape index (κ2) is 4.57. The number of anilines is 1. The first-order valence-electron chi connectivity index (χ1n) is 5.72. The van der Waals surface area contributed by atoms with E-state index in [0.717, 1.165) is 12.8 Å². The number of rotatable bonds is 4. The molecule has 2 N–H and O–H groups in total. The number of nitrogens with one attached hydrogen (secondary N) is 1. The van der Waals surface area contributed by atoms with Crippen molar-refractivity contribution in [3.8, 4) is 0 Å². The molecule has 1 amide bonds. The summed E-state index contributed by atoms with van der Waals surface area (Å²) in [6.45, 7) is 1.91. The van der Waals surface area contributed by atoms with Crippen LogP contribution in [0, 0.1) is 11.8 Å². The highest BCUT2D eigenvalue weighted by molar-refractivity contribution is 5.95. The fraction of sp³-hybridized carbons (Fsp3) is 0.385. The molecule has 1 unspecified atom stereocenters. The largest absolute Gasteiger partial charge is 0.478 e. The summed E-state index contributed by atoms with van der Waals surface area (Å²) >= 11 is 0. The molecule has 1 aromatic carbocycles. The zero-order valence-electron chi connectivity index (χ0n) is 9.64. The van der Waals surface area contributed by atoms with E-state index in [1.807, 2.05) is 6.92 Å². The topological polar surface area (TPSA) is 66.4 Å². The molecule has 4 heteroatoms. The quantitative estimate of drug-likeness (QED) is 0.839. The second-order valence-corrected chi connectivity index (χ2v) is 4.50. The maximum Gasteiger partial charge on any atom is 0.335 e. The lowest BCUT2D eigenvalue weighted by Crippen LogP contribution is -2.21. The van der Waals surface area contributed by atoms with Crippen molar-refractivity contribution in [1.82, 2.24) is 0 Å². The van der Waals surface area contributed by atoms with Crippen LogP contribution in [-0.2, 0) is 4.79 Å². The summed E-state index contributed by atoms with van der Waals surface area (Å²) in [6, 6.07) is 6.30. The van der Waals surface area contributed by atoms with E-state index in [4.69, 9.17) is 5.11 Å². The van der Waals surface area contributed by atoms with Gasteiger partial charge < -0.3 is 10.4 Å². The lowest BCUT2D eigenvalue weighted by molar-refractivity contribution is -0.119. The van der Waals surface area contributed by atoms with Crippen LogP contribution >= 0.6 is 0 Å². The molecular formula is C13H15NO3. The number of aromatic carboxylic acids is 1. The molecule has 0 heterocycles. The maximum atomic E-state index is 11.8. The van der Waals surface area contributed by atoms with E-state index in [1.54, 1.807) is 12.1 Å². The van der Waals surface area contributed by atoms with Crippen molar-refractivity contribution in [3.05, 3.63) is 29.8 Å². The van der Waals surface area contributed by atoms with E-state index in [9.17, 15) is 9.59 Å². The van der Waals surface area contributed by atoms with Gasteiger partial charge in [-0.1, -0.05) is 13.0 Å². The summed E-state index contributed by atoms with van der Waals surface area (Å²) in [6.07, 6.45) is 2.23. The molecule has 0 spiro atoms. The first kappa shape index (κ1) is 11.6. The lowest BCUT2D eigenvalue weighted by Gasteiger charge is -2.11. The molecule has 0 bridgehead atoms. The number of hydrogen-bond donors (Lipinski definition) is 2. The third kappa shape index (κ3) is 2.84. The zero-order valence-corrected chi connectivity index (χ0v) is 9.64. The standard InChI is InChI=1S/C13H15NO3/c1-8(9-5-6-9)12(15)14-11-4-2-3-10(7-11)13(16)17/h2-4,7-9H,5-6H2,1H3,(H,14,15)(H,16,17). The summed E-state index contributed by atoms with van der Waals surface area (Å²) in [5, 5.41) is 11.6. The molecule has 90 valence electrons. The molecule has 0 saturated heterocycles. The summed E-state index contributed by atoms with van der Waals surface area (Å²) in [5.74, 6) is -0.521. The van der Waals surface area contributed by atoms with Crippen LogP contribution in [0.1, 0.15) is 30.1 Å². The Labute approximate surface area is 99.6 Å². The average Bonchev–Trinajstić information content (AvgIpc) is 3.12. The number of benzene rings is 1. The smallest absolute Gasteiger partial charge is 0.335 e. The Bertz CT molecular complexity index is 452. The minimum absolute atomic E-state index is 0.00323. The Hall–Kier alpha value is -1.84. The van der Waals surface area contributed by atoms with Gasteiger partial charge in [0.05, 0.1) is 5.56 Å². The number of carboxylic acids is 1. The number of carbonyl (C=O) groups is 2. The van der Waals surface area contributed by atoms with Crippen LogP contribution in [0.2, 0.25) is 0 Å². The van der Waals surface area contributed by atoms with Crippen LogP contribution in [0.25, 0.3) is 0 Å². The van der Waals surface area contributed by atoms with E-state index >= 15 is 0 Å². The summed E-state index contributed by atoms with van der Waals surface area (Å²) in [7, 11) is 0. The molecular weight excluding hydrogens is 218 g/mol. The van der Waals surface area contributed by atoms with Crippen LogP contribution in [0.4, 0.5) is 5.69 Å². The zero-order chi connectivity index (χ0) is 12.4. The van der Waals surface area contributed by atoms with Crippen molar-refractivity contribution in [1.29, 1.82) is 0 Å². The normalized spacial score (nSPS) is 16.3. The van der Waals surface area contributed by atoms with Gasteiger partial charge >= 0.3 is 5.97 Å². The van der Waals surface area contributed by atoms with Crippen molar-refractivity contribution in [2.75, 3.05) is 5.32 Å². The van der Waals surface area contributed by atoms with Crippen molar-refractivity contribution in [2.24, 2.45) is 11.8 Å². The Balaban J connectivity index is 2.04. The van der Waals surface area contributed by atoms with Crippen molar-refractivity contribution >= 4 is 17.6 Å². The van der Waals surface area contributed by atoms with Gasteiger partial charge in [0.15, 0.2) is 0 Å². The fourth-order valence-corrected chi connectivity index (χ4v) is 1.80. The molecule has 1 aliphatic carbocycles. The van der Waals surface area contributed by atoms with Gasteiger partial charge in [-0.3, -0.25) is 4.79 Å². The predicted molar refractivity (Wildman–Crippen MR) is 63.9 cm³/mol. The van der Waals surface area contributed by atoms with Gasteiger partial charge in [0.1, 0.15) is 0 Å². The molecule has 1 aromatic rings. The molecule has 2 rings (SSSR count). The number of carboxylic acid groups (broad SMARTS) is 1. The second-order valence-electron chi connectivity index (χ2n) is 4.50. The van der Waals surface area contributed by atoms with Gasteiger partial charge in [0.2, 0.25) is 5.91 Å². The highest BCUT2D eigenvalue weighted by atomic mass is 16.4. The van der Waals surface area contributed by atoms with Gasteiger partial charge in [-0.15, -0.1) is 0 Å². The summed E-state index contributed by atoms with van der Waals surface area (Å²) in [5.41, 5.74) is 0.726. The number of amides is 1. The minimum atomic E-state index is -0.989. The summed E-state index contributed by atoms with van der Waals surface area (Å²) in [4.78, 5) is 22.6. The third-order valence-corrected chi connectivity index (χ3v) is 3.12. The van der Waals surface area contributed by atoms with Gasteiger partial charge in [-0.25, -0.2) is 4.79 Å². The predicted octanol–water partition coefficient (Wildman–Crippen LogP) is 2.37. The molecule has 0 radical (unpaired) electrons.